The lowest BCUT2D eigenvalue weighted by Crippen LogP contribution is -2.30. The smallest absolute Gasteiger partial charge is 0.462 e. The van der Waals surface area contributed by atoms with Gasteiger partial charge in [0, 0.05) is 25.7 Å². The van der Waals surface area contributed by atoms with Gasteiger partial charge in [0.15, 0.2) is 12.2 Å². The van der Waals surface area contributed by atoms with Crippen LogP contribution in [0.25, 0.3) is 0 Å². The van der Waals surface area contributed by atoms with Gasteiger partial charge in [0.2, 0.25) is 0 Å². The van der Waals surface area contributed by atoms with Crippen molar-refractivity contribution < 1.29 is 80.2 Å². The summed E-state index contributed by atoms with van der Waals surface area (Å²) in [4.78, 5) is 73.1. The van der Waals surface area contributed by atoms with Crippen LogP contribution < -0.4 is 0 Å². The monoisotopic (exact) mass is 1490 g/mol. The van der Waals surface area contributed by atoms with Crippen molar-refractivity contribution in [2.45, 2.75) is 446 Å². The van der Waals surface area contributed by atoms with E-state index in [4.69, 9.17) is 37.0 Å². The van der Waals surface area contributed by atoms with E-state index in [-0.39, 0.29) is 25.7 Å². The minimum atomic E-state index is -4.96. The molecule has 606 valence electrons. The normalized spacial score (nSPS) is 14.5. The number of aliphatic hydroxyl groups excluding tert-OH is 1. The maximum Gasteiger partial charge on any atom is 0.472 e. The zero-order valence-electron chi connectivity index (χ0n) is 67.2. The molecule has 3 N–H and O–H groups in total. The Labute approximate surface area is 626 Å². The van der Waals surface area contributed by atoms with Gasteiger partial charge in [-0.3, -0.25) is 37.3 Å². The van der Waals surface area contributed by atoms with Crippen LogP contribution in [0.1, 0.15) is 428 Å². The Hall–Kier alpha value is -1.94. The molecule has 7 atom stereocenters. The molecule has 0 spiro atoms. The summed E-state index contributed by atoms with van der Waals surface area (Å²) in [6.07, 6.45) is 59.7. The molecular formula is C83H162O17P2. The predicted octanol–water partition coefficient (Wildman–Crippen LogP) is 24.8. The number of carbonyl (C=O) groups is 4. The first kappa shape index (κ1) is 100. The van der Waals surface area contributed by atoms with Crippen molar-refractivity contribution in [2.75, 3.05) is 39.6 Å². The van der Waals surface area contributed by atoms with E-state index in [0.717, 1.165) is 120 Å². The third-order valence-electron chi connectivity index (χ3n) is 20.0. The van der Waals surface area contributed by atoms with E-state index in [9.17, 15) is 43.2 Å². The fourth-order valence-electron chi connectivity index (χ4n) is 12.7. The molecule has 102 heavy (non-hydrogen) atoms. The largest absolute Gasteiger partial charge is 0.472 e. The van der Waals surface area contributed by atoms with E-state index in [1.165, 1.54) is 225 Å². The topological polar surface area (TPSA) is 237 Å². The van der Waals surface area contributed by atoms with Gasteiger partial charge in [-0.15, -0.1) is 0 Å². The number of rotatable bonds is 80. The maximum atomic E-state index is 13.1. The summed E-state index contributed by atoms with van der Waals surface area (Å²) in [7, 11) is -9.92. The zero-order valence-corrected chi connectivity index (χ0v) is 69.0. The van der Waals surface area contributed by atoms with E-state index in [1.54, 1.807) is 0 Å². The molecule has 0 radical (unpaired) electrons. The van der Waals surface area contributed by atoms with Crippen molar-refractivity contribution in [1.29, 1.82) is 0 Å². The van der Waals surface area contributed by atoms with E-state index < -0.39 is 97.5 Å². The Balaban J connectivity index is 5.21. The molecule has 0 aromatic carbocycles. The lowest BCUT2D eigenvalue weighted by molar-refractivity contribution is -0.161. The Morgan fingerprint density at radius 3 is 0.696 bits per heavy atom. The van der Waals surface area contributed by atoms with E-state index in [2.05, 4.69) is 55.4 Å². The fourth-order valence-corrected chi connectivity index (χ4v) is 14.3. The Kier molecular flexibility index (Phi) is 70.6. The number of esters is 4. The predicted molar refractivity (Wildman–Crippen MR) is 418 cm³/mol. The van der Waals surface area contributed by atoms with Gasteiger partial charge in [0.25, 0.3) is 0 Å². The van der Waals surface area contributed by atoms with Crippen LogP contribution in [-0.4, -0.2) is 96.7 Å². The highest BCUT2D eigenvalue weighted by molar-refractivity contribution is 7.47. The van der Waals surface area contributed by atoms with Crippen LogP contribution in [0, 0.1) is 23.7 Å². The molecule has 0 bridgehead atoms. The Morgan fingerprint density at radius 1 is 0.275 bits per heavy atom. The quantitative estimate of drug-likeness (QED) is 0.0222. The van der Waals surface area contributed by atoms with Crippen molar-refractivity contribution >= 4 is 39.5 Å². The summed E-state index contributed by atoms with van der Waals surface area (Å²) in [5.41, 5.74) is 0. The molecule has 0 fully saturated rings. The lowest BCUT2D eigenvalue weighted by Gasteiger charge is -2.21. The number of aliphatic hydroxyl groups is 1. The first-order valence-corrected chi connectivity index (χ1v) is 45.8. The lowest BCUT2D eigenvalue weighted by atomic mass is 9.99. The van der Waals surface area contributed by atoms with Gasteiger partial charge in [0.05, 0.1) is 26.4 Å². The second-order valence-corrected chi connectivity index (χ2v) is 34.2. The molecule has 0 heterocycles. The molecule has 4 unspecified atom stereocenters. The highest BCUT2D eigenvalue weighted by Crippen LogP contribution is 2.45. The highest BCUT2D eigenvalue weighted by atomic mass is 31.2. The summed E-state index contributed by atoms with van der Waals surface area (Å²) in [6, 6.07) is 0. The first-order chi connectivity index (χ1) is 49.2. The second kappa shape index (κ2) is 72.0. The molecular weight excluding hydrogens is 1330 g/mol. The third-order valence-corrected chi connectivity index (χ3v) is 21.9. The standard InChI is InChI=1S/C83H162O17P2/c1-9-75(7)61-53-45-37-31-25-17-15-13-11-12-14-16-18-26-32-38-47-55-63-80(85)93-69-78(99-82(87)65-57-49-39-33-27-21-19-23-29-35-43-51-59-73(3)4)71-97-101(89,90)95-67-77(84)68-96-102(91,92)98-72-79(70-94-81(86)64-56-48-42-41-46-54-62-76(8)10-2)100-83(88)66-58-50-40-34-28-22-20-24-30-36-44-52-60-74(5)6/h73-79,84H,9-72H2,1-8H3,(H,89,90)(H,91,92)/t75?,76?,77-,78-,79-/m1/s1. The van der Waals surface area contributed by atoms with Gasteiger partial charge in [-0.25, -0.2) is 9.13 Å². The molecule has 0 aromatic heterocycles. The van der Waals surface area contributed by atoms with E-state index in [0.29, 0.717) is 25.7 Å². The molecule has 0 rings (SSSR count). The van der Waals surface area contributed by atoms with Crippen LogP contribution in [0.15, 0.2) is 0 Å². The van der Waals surface area contributed by atoms with Crippen LogP contribution in [0.5, 0.6) is 0 Å². The average molecular weight is 1490 g/mol. The Bertz CT molecular complexity index is 1990. The summed E-state index contributed by atoms with van der Waals surface area (Å²) < 4.78 is 68.8. The molecule has 0 aliphatic heterocycles. The average Bonchev–Trinajstić information content (AvgIpc) is 0.948. The fraction of sp³-hybridized carbons (Fsp3) is 0.952. The maximum absolute atomic E-state index is 13.1. The number of hydrogen-bond donors (Lipinski definition) is 3. The van der Waals surface area contributed by atoms with E-state index in [1.807, 2.05) is 0 Å². The highest BCUT2D eigenvalue weighted by Gasteiger charge is 2.30. The number of phosphoric acid groups is 2. The number of hydrogen-bond acceptors (Lipinski definition) is 15. The van der Waals surface area contributed by atoms with E-state index >= 15 is 0 Å². The van der Waals surface area contributed by atoms with Crippen LogP contribution in [0.2, 0.25) is 0 Å². The molecule has 0 aliphatic carbocycles. The summed E-state index contributed by atoms with van der Waals surface area (Å²) >= 11 is 0. The summed E-state index contributed by atoms with van der Waals surface area (Å²) in [6.45, 7) is 14.3. The molecule has 0 aliphatic rings. The van der Waals surface area contributed by atoms with Gasteiger partial charge >= 0.3 is 39.5 Å². The first-order valence-electron chi connectivity index (χ1n) is 42.8. The number of carbonyl (C=O) groups excluding carboxylic acids is 4. The van der Waals surface area contributed by atoms with Crippen molar-refractivity contribution in [3.8, 4) is 0 Å². The minimum absolute atomic E-state index is 0.106. The molecule has 0 aromatic rings. The van der Waals surface area contributed by atoms with Crippen molar-refractivity contribution in [3.05, 3.63) is 0 Å². The van der Waals surface area contributed by atoms with Gasteiger partial charge in [0.1, 0.15) is 19.3 Å². The third kappa shape index (κ3) is 73.6. The van der Waals surface area contributed by atoms with Gasteiger partial charge < -0.3 is 33.8 Å². The van der Waals surface area contributed by atoms with Crippen molar-refractivity contribution in [3.63, 3.8) is 0 Å². The SMILES string of the molecule is CCC(C)CCCCCCCCCCCCCCCCCCCCC(=O)OC[C@H](COP(=O)(O)OC[C@@H](O)COP(=O)(O)OC[C@@H](COC(=O)CCCCCCCCC(C)CC)OC(=O)CCCCCCCCCCCCCCC(C)C)OC(=O)CCCCCCCCCCCCCCC(C)C. The minimum Gasteiger partial charge on any atom is -0.462 e. The Morgan fingerprint density at radius 2 is 0.471 bits per heavy atom. The van der Waals surface area contributed by atoms with Gasteiger partial charge in [-0.2, -0.15) is 0 Å². The molecule has 0 saturated heterocycles. The molecule has 19 heteroatoms. The summed E-state index contributed by atoms with van der Waals surface area (Å²) in [5.74, 6) is 1.04. The van der Waals surface area contributed by atoms with Gasteiger partial charge in [-0.1, -0.05) is 376 Å². The van der Waals surface area contributed by atoms with Crippen LogP contribution in [0.4, 0.5) is 0 Å². The van der Waals surface area contributed by atoms with Crippen LogP contribution in [0.3, 0.4) is 0 Å². The summed E-state index contributed by atoms with van der Waals surface area (Å²) in [5, 5.41) is 10.6. The van der Waals surface area contributed by atoms with Crippen molar-refractivity contribution in [1.82, 2.24) is 0 Å². The molecule has 0 saturated carbocycles. The van der Waals surface area contributed by atoms with Crippen molar-refractivity contribution in [2.24, 2.45) is 23.7 Å². The zero-order chi connectivity index (χ0) is 75.3. The molecule has 0 amide bonds. The number of unbranched alkanes of at least 4 members (excludes halogenated alkanes) is 44. The van der Waals surface area contributed by atoms with Crippen LogP contribution in [-0.2, 0) is 65.4 Å². The number of phosphoric ester groups is 2. The second-order valence-electron chi connectivity index (χ2n) is 31.3. The molecule has 17 nitrogen and oxygen atoms in total. The van der Waals surface area contributed by atoms with Gasteiger partial charge in [-0.05, 0) is 49.4 Å². The van der Waals surface area contributed by atoms with Crippen LogP contribution >= 0.6 is 15.6 Å². The number of ether oxygens (including phenoxy) is 4.